The summed E-state index contributed by atoms with van der Waals surface area (Å²) in [5.41, 5.74) is 4.62. The molecule has 2 N–H and O–H groups in total. The molecule has 10 heteroatoms. The summed E-state index contributed by atoms with van der Waals surface area (Å²) in [6.45, 7) is 5.40. The Hall–Kier alpha value is -4.08. The Morgan fingerprint density at radius 2 is 1.89 bits per heavy atom. The summed E-state index contributed by atoms with van der Waals surface area (Å²) in [5, 5.41) is 17.1. The van der Waals surface area contributed by atoms with Crippen molar-refractivity contribution in [3.8, 4) is 16.9 Å². The van der Waals surface area contributed by atoms with Crippen LogP contribution >= 0.6 is 11.6 Å². The van der Waals surface area contributed by atoms with E-state index in [9.17, 15) is 14.3 Å². The number of aryl methyl sites for hydroxylation is 2. The van der Waals surface area contributed by atoms with Crippen LogP contribution in [-0.2, 0) is 18.2 Å². The number of ether oxygens (including phenoxy) is 2. The van der Waals surface area contributed by atoms with Crippen LogP contribution in [0.1, 0.15) is 54.4 Å². The summed E-state index contributed by atoms with van der Waals surface area (Å²) in [6, 6.07) is 14.0. The predicted molar refractivity (Wildman–Crippen MR) is 178 cm³/mol. The Balaban J connectivity index is 1.48. The topological polar surface area (TPSA) is 92.6 Å². The normalized spacial score (nSPS) is 11.4. The minimum absolute atomic E-state index is 0.184. The van der Waals surface area contributed by atoms with Crippen molar-refractivity contribution in [3.63, 3.8) is 0 Å². The van der Waals surface area contributed by atoms with Crippen LogP contribution < -0.4 is 9.64 Å². The van der Waals surface area contributed by atoms with Gasteiger partial charge in [-0.05, 0) is 87.2 Å². The highest BCUT2D eigenvalue weighted by molar-refractivity contribution is 6.35. The van der Waals surface area contributed by atoms with Gasteiger partial charge in [-0.2, -0.15) is 5.10 Å². The van der Waals surface area contributed by atoms with Crippen molar-refractivity contribution in [2.45, 2.75) is 46.0 Å². The van der Waals surface area contributed by atoms with Gasteiger partial charge in [-0.3, -0.25) is 4.68 Å². The van der Waals surface area contributed by atoms with Gasteiger partial charge in [-0.15, -0.1) is 0 Å². The molecule has 0 saturated carbocycles. The quantitative estimate of drug-likeness (QED) is 0.0965. The Morgan fingerprint density at radius 1 is 1.09 bits per heavy atom. The highest BCUT2D eigenvalue weighted by Gasteiger charge is 2.26. The molecular formula is C35H40ClFN4O4. The number of unbranched alkanes of at least 4 members (excludes halogenated alkanes) is 2. The number of halogens is 2. The van der Waals surface area contributed by atoms with Gasteiger partial charge in [0, 0.05) is 49.3 Å². The first-order chi connectivity index (χ1) is 21.7. The van der Waals surface area contributed by atoms with E-state index in [1.807, 2.05) is 56.0 Å². The van der Waals surface area contributed by atoms with Gasteiger partial charge in [0.1, 0.15) is 17.3 Å². The SMILES string of the molecule is CCOC(=O)c1[nH]c2c(-c3c(N(C)CCCCCO)nn(C)c3C)c(Cl)ccc2c1CCCOc1cccc2cc(F)ccc12. The van der Waals surface area contributed by atoms with Crippen LogP contribution in [0.15, 0.2) is 48.5 Å². The van der Waals surface area contributed by atoms with Gasteiger partial charge >= 0.3 is 5.97 Å². The van der Waals surface area contributed by atoms with Crippen LogP contribution in [0.5, 0.6) is 5.75 Å². The molecule has 5 aromatic rings. The number of aromatic amines is 1. The Kier molecular flexibility index (Phi) is 10.3. The van der Waals surface area contributed by atoms with Gasteiger partial charge in [0.25, 0.3) is 0 Å². The number of anilines is 1. The molecule has 0 amide bonds. The molecule has 2 heterocycles. The second-order valence-corrected chi connectivity index (χ2v) is 11.6. The lowest BCUT2D eigenvalue weighted by molar-refractivity contribution is 0.0519. The number of hydrogen-bond acceptors (Lipinski definition) is 6. The highest BCUT2D eigenvalue weighted by atomic mass is 35.5. The van der Waals surface area contributed by atoms with Crippen molar-refractivity contribution in [3.05, 3.63) is 76.3 Å². The van der Waals surface area contributed by atoms with Gasteiger partial charge in [-0.25, -0.2) is 9.18 Å². The zero-order valence-corrected chi connectivity index (χ0v) is 27.0. The molecule has 0 fully saturated rings. The van der Waals surface area contributed by atoms with E-state index in [1.165, 1.54) is 12.1 Å². The number of fused-ring (bicyclic) bond motifs is 2. The lowest BCUT2D eigenvalue weighted by Crippen LogP contribution is -2.20. The molecular weight excluding hydrogens is 595 g/mol. The van der Waals surface area contributed by atoms with Crippen LogP contribution in [0.2, 0.25) is 5.02 Å². The number of esters is 1. The minimum atomic E-state index is -0.424. The third kappa shape index (κ3) is 6.79. The van der Waals surface area contributed by atoms with Crippen molar-refractivity contribution >= 4 is 45.1 Å². The number of H-pyrrole nitrogens is 1. The molecule has 5 rings (SSSR count). The number of aliphatic hydroxyl groups excluding tert-OH is 1. The fraction of sp³-hybridized carbons (Fsp3) is 0.371. The summed E-state index contributed by atoms with van der Waals surface area (Å²) in [6.07, 6.45) is 3.79. The molecule has 0 unspecified atom stereocenters. The summed E-state index contributed by atoms with van der Waals surface area (Å²) in [7, 11) is 3.92. The van der Waals surface area contributed by atoms with Crippen molar-refractivity contribution in [2.24, 2.45) is 7.05 Å². The van der Waals surface area contributed by atoms with Crippen LogP contribution in [0, 0.1) is 12.7 Å². The van der Waals surface area contributed by atoms with Crippen molar-refractivity contribution in [1.29, 1.82) is 0 Å². The lowest BCUT2D eigenvalue weighted by Gasteiger charge is -2.19. The number of rotatable bonds is 14. The maximum atomic E-state index is 13.7. The number of aliphatic hydroxyl groups is 1. The van der Waals surface area contributed by atoms with E-state index in [0.29, 0.717) is 35.9 Å². The molecule has 0 atom stereocenters. The number of aromatic nitrogens is 3. The number of benzene rings is 3. The van der Waals surface area contributed by atoms with E-state index in [0.717, 1.165) is 75.7 Å². The standard InChI is InChI=1S/C35H40ClFN4O4/c1-5-44-35(43)33-26(12-10-20-45-29-13-9-11-23-21-24(37)14-15-25(23)29)27-16-17-28(36)31(32(27)38-33)30-22(2)41(4)39-34(30)40(3)18-7-6-8-19-42/h9,11,13-17,21,38,42H,5-8,10,12,18-20H2,1-4H3. The highest BCUT2D eigenvalue weighted by Crippen LogP contribution is 2.43. The first kappa shape index (κ1) is 32.3. The largest absolute Gasteiger partial charge is 0.493 e. The molecule has 0 spiro atoms. The number of carbonyl (C=O) groups excluding carboxylic acids is 1. The fourth-order valence-corrected chi connectivity index (χ4v) is 6.10. The summed E-state index contributed by atoms with van der Waals surface area (Å²) >= 11 is 6.93. The van der Waals surface area contributed by atoms with Gasteiger partial charge in [-0.1, -0.05) is 29.8 Å². The Bertz CT molecular complexity index is 1820. The fourth-order valence-electron chi connectivity index (χ4n) is 5.85. The second-order valence-electron chi connectivity index (χ2n) is 11.2. The van der Waals surface area contributed by atoms with Crippen molar-refractivity contribution < 1.29 is 23.8 Å². The number of hydrogen-bond donors (Lipinski definition) is 2. The smallest absolute Gasteiger partial charge is 0.355 e. The molecule has 45 heavy (non-hydrogen) atoms. The molecule has 0 saturated heterocycles. The van der Waals surface area contributed by atoms with E-state index in [4.69, 9.17) is 26.2 Å². The monoisotopic (exact) mass is 634 g/mol. The Morgan fingerprint density at radius 3 is 2.67 bits per heavy atom. The molecule has 0 radical (unpaired) electrons. The summed E-state index contributed by atoms with van der Waals surface area (Å²) < 4.78 is 27.2. The zero-order valence-electron chi connectivity index (χ0n) is 26.3. The van der Waals surface area contributed by atoms with Crippen molar-refractivity contribution in [1.82, 2.24) is 14.8 Å². The first-order valence-electron chi connectivity index (χ1n) is 15.4. The van der Waals surface area contributed by atoms with E-state index >= 15 is 0 Å². The molecule has 0 aliphatic heterocycles. The average molecular weight is 635 g/mol. The number of carbonyl (C=O) groups is 1. The minimum Gasteiger partial charge on any atom is -0.493 e. The van der Waals surface area contributed by atoms with E-state index in [2.05, 4.69) is 9.88 Å². The number of nitrogens with one attached hydrogen (secondary N) is 1. The molecule has 0 bridgehead atoms. The van der Waals surface area contributed by atoms with Crippen LogP contribution in [0.4, 0.5) is 10.2 Å². The second kappa shape index (κ2) is 14.3. The van der Waals surface area contributed by atoms with E-state index in [1.54, 1.807) is 13.0 Å². The molecule has 3 aromatic carbocycles. The molecule has 0 aliphatic rings. The third-order valence-electron chi connectivity index (χ3n) is 8.22. The maximum absolute atomic E-state index is 13.7. The average Bonchev–Trinajstić information content (AvgIpc) is 3.54. The van der Waals surface area contributed by atoms with E-state index < -0.39 is 5.97 Å². The van der Waals surface area contributed by atoms with Gasteiger partial charge in [0.2, 0.25) is 0 Å². The lowest BCUT2D eigenvalue weighted by atomic mass is 9.99. The predicted octanol–water partition coefficient (Wildman–Crippen LogP) is 7.61. The van der Waals surface area contributed by atoms with Crippen molar-refractivity contribution in [2.75, 3.05) is 38.3 Å². The first-order valence-corrected chi connectivity index (χ1v) is 15.8. The molecule has 0 aliphatic carbocycles. The summed E-state index contributed by atoms with van der Waals surface area (Å²) in [4.78, 5) is 18.7. The Labute approximate surface area is 267 Å². The van der Waals surface area contributed by atoms with Crippen LogP contribution in [0.25, 0.3) is 32.8 Å². The van der Waals surface area contributed by atoms with Gasteiger partial charge in [0.05, 0.1) is 29.3 Å². The maximum Gasteiger partial charge on any atom is 0.355 e. The zero-order chi connectivity index (χ0) is 32.1. The number of nitrogens with zero attached hydrogens (tertiary/aromatic N) is 3. The van der Waals surface area contributed by atoms with Crippen LogP contribution in [-0.4, -0.2) is 59.3 Å². The van der Waals surface area contributed by atoms with E-state index in [-0.39, 0.29) is 19.0 Å². The molecule has 8 nitrogen and oxygen atoms in total. The summed E-state index contributed by atoms with van der Waals surface area (Å²) in [5.74, 6) is 0.770. The van der Waals surface area contributed by atoms with Crippen LogP contribution in [0.3, 0.4) is 0 Å². The molecule has 2 aromatic heterocycles. The third-order valence-corrected chi connectivity index (χ3v) is 8.54. The molecule has 238 valence electrons. The van der Waals surface area contributed by atoms with Gasteiger partial charge < -0.3 is 24.5 Å². The van der Waals surface area contributed by atoms with Gasteiger partial charge in [0.15, 0.2) is 5.82 Å².